The number of hydrogen-bond donors (Lipinski definition) is 0. The van der Waals surface area contributed by atoms with Crippen LogP contribution < -0.4 is 5.56 Å². The Morgan fingerprint density at radius 1 is 1.59 bits per heavy atom. The lowest BCUT2D eigenvalue weighted by molar-refractivity contribution is 0.675. The van der Waals surface area contributed by atoms with Gasteiger partial charge in [0.15, 0.2) is 5.65 Å². The first-order valence-electron chi connectivity index (χ1n) is 5.02. The number of aryl methyl sites for hydroxylation is 2. The summed E-state index contributed by atoms with van der Waals surface area (Å²) >= 11 is 1.42. The molecule has 2 aromatic rings. The Morgan fingerprint density at radius 3 is 3.00 bits per heavy atom. The zero-order valence-electron chi connectivity index (χ0n) is 9.54. The molecule has 0 bridgehead atoms. The Labute approximate surface area is 102 Å². The molecular weight excluding hydrogens is 238 g/mol. The van der Waals surface area contributed by atoms with E-state index in [1.165, 1.54) is 22.7 Å². The predicted octanol–water partition coefficient (Wildman–Crippen LogP) is 0.766. The van der Waals surface area contributed by atoms with Crippen LogP contribution in [0.4, 0.5) is 0 Å². The van der Waals surface area contributed by atoms with Gasteiger partial charge in [-0.05, 0) is 6.26 Å². The van der Waals surface area contributed by atoms with E-state index in [4.69, 9.17) is 5.26 Å². The molecule has 17 heavy (non-hydrogen) atoms. The molecule has 7 heteroatoms. The summed E-state index contributed by atoms with van der Waals surface area (Å²) in [5.41, 5.74) is 0.440. The first kappa shape index (κ1) is 11.7. The minimum absolute atomic E-state index is 0.136. The number of nitrogens with zero attached hydrogens (tertiary/aromatic N) is 5. The predicted molar refractivity (Wildman–Crippen MR) is 64.8 cm³/mol. The van der Waals surface area contributed by atoms with E-state index in [1.54, 1.807) is 11.7 Å². The number of rotatable bonds is 3. The van der Waals surface area contributed by atoms with Crippen molar-refractivity contribution in [2.24, 2.45) is 7.05 Å². The number of hydrogen-bond acceptors (Lipinski definition) is 5. The van der Waals surface area contributed by atoms with Crippen molar-refractivity contribution in [3.05, 3.63) is 16.7 Å². The van der Waals surface area contributed by atoms with E-state index in [9.17, 15) is 4.79 Å². The molecule has 0 aliphatic heterocycles. The van der Waals surface area contributed by atoms with Crippen molar-refractivity contribution >= 4 is 22.8 Å². The molecule has 2 aromatic heterocycles. The average molecular weight is 249 g/mol. The van der Waals surface area contributed by atoms with Crippen molar-refractivity contribution in [3.8, 4) is 6.07 Å². The first-order valence-corrected chi connectivity index (χ1v) is 6.24. The highest BCUT2D eigenvalue weighted by atomic mass is 32.2. The quantitative estimate of drug-likeness (QED) is 0.751. The van der Waals surface area contributed by atoms with Crippen molar-refractivity contribution in [2.75, 3.05) is 6.26 Å². The second-order valence-corrected chi connectivity index (χ2v) is 4.28. The van der Waals surface area contributed by atoms with Gasteiger partial charge in [-0.3, -0.25) is 9.36 Å². The molecule has 0 saturated heterocycles. The highest BCUT2D eigenvalue weighted by Crippen LogP contribution is 2.20. The van der Waals surface area contributed by atoms with Crippen molar-refractivity contribution in [1.29, 1.82) is 5.26 Å². The van der Waals surface area contributed by atoms with E-state index in [1.807, 2.05) is 12.3 Å². The van der Waals surface area contributed by atoms with Gasteiger partial charge in [0.05, 0.1) is 12.5 Å². The van der Waals surface area contributed by atoms with Gasteiger partial charge in [-0.2, -0.15) is 10.4 Å². The lowest BCUT2D eigenvalue weighted by Crippen LogP contribution is -2.20. The van der Waals surface area contributed by atoms with E-state index in [0.29, 0.717) is 29.0 Å². The molecule has 0 spiro atoms. The van der Waals surface area contributed by atoms with Crippen LogP contribution in [0.15, 0.2) is 16.1 Å². The zero-order valence-corrected chi connectivity index (χ0v) is 10.4. The molecule has 0 radical (unpaired) electrons. The molecule has 0 N–H and O–H groups in total. The summed E-state index contributed by atoms with van der Waals surface area (Å²) < 4.78 is 3.05. The van der Waals surface area contributed by atoms with Crippen molar-refractivity contribution in [2.45, 2.75) is 18.0 Å². The second kappa shape index (κ2) is 4.59. The lowest BCUT2D eigenvalue weighted by atomic mass is 10.4. The van der Waals surface area contributed by atoms with E-state index in [2.05, 4.69) is 10.1 Å². The fourth-order valence-electron chi connectivity index (χ4n) is 1.62. The fraction of sp³-hybridized carbons (Fsp3) is 0.400. The average Bonchev–Trinajstić information content (AvgIpc) is 2.66. The highest BCUT2D eigenvalue weighted by molar-refractivity contribution is 7.98. The van der Waals surface area contributed by atoms with Crippen molar-refractivity contribution in [3.63, 3.8) is 0 Å². The summed E-state index contributed by atoms with van der Waals surface area (Å²) in [6.45, 7) is 0.362. The largest absolute Gasteiger partial charge is 0.297 e. The Hall–Kier alpha value is -1.81. The molecular formula is C10H11N5OS. The minimum Gasteiger partial charge on any atom is -0.297 e. The molecule has 0 aliphatic rings. The van der Waals surface area contributed by atoms with Crippen LogP contribution >= 0.6 is 11.8 Å². The van der Waals surface area contributed by atoms with E-state index in [0.717, 1.165) is 0 Å². The van der Waals surface area contributed by atoms with Gasteiger partial charge >= 0.3 is 0 Å². The van der Waals surface area contributed by atoms with Gasteiger partial charge in [-0.1, -0.05) is 0 Å². The van der Waals surface area contributed by atoms with Crippen LogP contribution in [-0.2, 0) is 13.6 Å². The SMILES string of the molecule is CSc1nn(C)c2ncn(CCC#N)c(=O)c12. The monoisotopic (exact) mass is 249 g/mol. The number of thioether (sulfide) groups is 1. The number of aromatic nitrogens is 4. The topological polar surface area (TPSA) is 76.5 Å². The van der Waals surface area contributed by atoms with Gasteiger partial charge in [0.25, 0.3) is 5.56 Å². The molecule has 0 amide bonds. The maximum atomic E-state index is 12.2. The molecule has 0 unspecified atom stereocenters. The Balaban J connectivity index is 2.66. The molecule has 0 aliphatic carbocycles. The van der Waals surface area contributed by atoms with Crippen LogP contribution in [-0.4, -0.2) is 25.6 Å². The molecule has 0 fully saturated rings. The maximum absolute atomic E-state index is 12.2. The van der Waals surface area contributed by atoms with Gasteiger partial charge in [-0.15, -0.1) is 11.8 Å². The maximum Gasteiger partial charge on any atom is 0.265 e. The van der Waals surface area contributed by atoms with Crippen LogP contribution in [0.2, 0.25) is 0 Å². The Morgan fingerprint density at radius 2 is 2.35 bits per heavy atom. The Bertz CT molecular complexity index is 651. The summed E-state index contributed by atoms with van der Waals surface area (Å²) in [5, 5.41) is 14.0. The summed E-state index contributed by atoms with van der Waals surface area (Å²) in [4.78, 5) is 16.4. The van der Waals surface area contributed by atoms with E-state index >= 15 is 0 Å². The van der Waals surface area contributed by atoms with Gasteiger partial charge in [0.2, 0.25) is 0 Å². The third kappa shape index (κ3) is 1.91. The normalized spacial score (nSPS) is 10.6. The van der Waals surface area contributed by atoms with Crippen molar-refractivity contribution < 1.29 is 0 Å². The molecule has 0 aromatic carbocycles. The minimum atomic E-state index is -0.136. The zero-order chi connectivity index (χ0) is 12.4. The molecule has 6 nitrogen and oxygen atoms in total. The van der Waals surface area contributed by atoms with Crippen LogP contribution in [0.3, 0.4) is 0 Å². The summed E-state index contributed by atoms with van der Waals surface area (Å²) in [5.74, 6) is 0. The molecule has 0 saturated carbocycles. The van der Waals surface area contributed by atoms with Crippen LogP contribution in [0.5, 0.6) is 0 Å². The molecule has 88 valence electrons. The van der Waals surface area contributed by atoms with Gasteiger partial charge in [0, 0.05) is 13.6 Å². The van der Waals surface area contributed by atoms with E-state index in [-0.39, 0.29) is 5.56 Å². The third-order valence-electron chi connectivity index (χ3n) is 2.44. The molecule has 2 rings (SSSR count). The van der Waals surface area contributed by atoms with Crippen molar-refractivity contribution in [1.82, 2.24) is 19.3 Å². The van der Waals surface area contributed by atoms with Crippen LogP contribution in [0.25, 0.3) is 11.0 Å². The summed E-state index contributed by atoms with van der Waals surface area (Å²) in [7, 11) is 1.76. The smallest absolute Gasteiger partial charge is 0.265 e. The third-order valence-corrected chi connectivity index (χ3v) is 3.11. The molecule has 0 atom stereocenters. The van der Waals surface area contributed by atoms with Gasteiger partial charge in [0.1, 0.15) is 16.7 Å². The van der Waals surface area contributed by atoms with Crippen LogP contribution in [0.1, 0.15) is 6.42 Å². The highest BCUT2D eigenvalue weighted by Gasteiger charge is 2.14. The standard InChI is InChI=1S/C10H11N5OS/c1-14-8-7(9(13-14)17-2)10(16)15(6-12-8)5-3-4-11/h6H,3,5H2,1-2H3. The second-order valence-electron chi connectivity index (χ2n) is 3.48. The summed E-state index contributed by atoms with van der Waals surface area (Å²) in [6.07, 6.45) is 3.63. The number of fused-ring (bicyclic) bond motifs is 1. The van der Waals surface area contributed by atoms with Gasteiger partial charge in [-0.25, -0.2) is 9.67 Å². The first-order chi connectivity index (χ1) is 8.19. The van der Waals surface area contributed by atoms with E-state index < -0.39 is 0 Å². The Kier molecular flexibility index (Phi) is 3.15. The number of nitriles is 1. The van der Waals surface area contributed by atoms with Gasteiger partial charge < -0.3 is 0 Å². The van der Waals surface area contributed by atoms with Crippen LogP contribution in [0, 0.1) is 11.3 Å². The lowest BCUT2D eigenvalue weighted by Gasteiger charge is -2.01. The fourth-order valence-corrected chi connectivity index (χ4v) is 2.21. The summed E-state index contributed by atoms with van der Waals surface area (Å²) in [6, 6.07) is 2.01. The molecule has 2 heterocycles.